The summed E-state index contributed by atoms with van der Waals surface area (Å²) in [4.78, 5) is 29.0. The van der Waals surface area contributed by atoms with Crippen molar-refractivity contribution in [3.05, 3.63) is 50.7 Å². The van der Waals surface area contributed by atoms with Crippen molar-refractivity contribution >= 4 is 11.2 Å². The molecule has 0 aliphatic carbocycles. The van der Waals surface area contributed by atoms with Gasteiger partial charge in [0.25, 0.3) is 5.56 Å². The largest absolute Gasteiger partial charge is 0.332 e. The fourth-order valence-corrected chi connectivity index (χ4v) is 2.79. The van der Waals surface area contributed by atoms with Crippen LogP contribution in [0.2, 0.25) is 0 Å². The van der Waals surface area contributed by atoms with Crippen LogP contribution in [0.25, 0.3) is 22.6 Å². The van der Waals surface area contributed by atoms with E-state index < -0.39 is 0 Å². The van der Waals surface area contributed by atoms with Gasteiger partial charge in [0.2, 0.25) is 0 Å². The van der Waals surface area contributed by atoms with E-state index in [0.717, 1.165) is 10.1 Å². The van der Waals surface area contributed by atoms with E-state index in [1.54, 1.807) is 18.7 Å². The van der Waals surface area contributed by atoms with Crippen molar-refractivity contribution in [1.29, 1.82) is 0 Å². The summed E-state index contributed by atoms with van der Waals surface area (Å²) >= 11 is 0. The molecule has 0 amide bonds. The number of aromatic nitrogens is 4. The monoisotopic (exact) mass is 312 g/mol. The van der Waals surface area contributed by atoms with E-state index in [4.69, 9.17) is 0 Å². The molecule has 23 heavy (non-hydrogen) atoms. The molecule has 2 aromatic heterocycles. The van der Waals surface area contributed by atoms with E-state index in [1.807, 2.05) is 12.1 Å². The minimum Gasteiger partial charge on any atom is -0.321 e. The molecule has 0 fully saturated rings. The standard InChI is InChI=1S/C17H20N4O2/c1-10(2)11-6-8-12(9-7-11)14-18-15-13(19(14)3)16(22)21(5)17(23)20(15)4/h6-10H,1-5H3. The van der Waals surface area contributed by atoms with Crippen LogP contribution in [0.3, 0.4) is 0 Å². The highest BCUT2D eigenvalue weighted by molar-refractivity contribution is 5.76. The highest BCUT2D eigenvalue weighted by atomic mass is 16.2. The van der Waals surface area contributed by atoms with Gasteiger partial charge in [0, 0.05) is 26.7 Å². The Hall–Kier alpha value is -2.63. The Bertz CT molecular complexity index is 1000. The van der Waals surface area contributed by atoms with E-state index in [2.05, 4.69) is 31.0 Å². The highest BCUT2D eigenvalue weighted by Crippen LogP contribution is 2.23. The molecule has 0 aliphatic rings. The number of hydrogen-bond acceptors (Lipinski definition) is 3. The van der Waals surface area contributed by atoms with Crippen molar-refractivity contribution in [2.24, 2.45) is 21.1 Å². The molecule has 6 nitrogen and oxygen atoms in total. The van der Waals surface area contributed by atoms with Gasteiger partial charge in [-0.15, -0.1) is 0 Å². The maximum atomic E-state index is 12.4. The van der Waals surface area contributed by atoms with Crippen molar-refractivity contribution in [3.8, 4) is 11.4 Å². The van der Waals surface area contributed by atoms with Crippen molar-refractivity contribution < 1.29 is 0 Å². The molecule has 3 aromatic rings. The van der Waals surface area contributed by atoms with E-state index in [-0.39, 0.29) is 11.2 Å². The third-order valence-electron chi connectivity index (χ3n) is 4.31. The molecule has 1 aromatic carbocycles. The van der Waals surface area contributed by atoms with E-state index in [0.29, 0.717) is 22.9 Å². The van der Waals surface area contributed by atoms with Gasteiger partial charge in [0.05, 0.1) is 0 Å². The first-order chi connectivity index (χ1) is 10.8. The summed E-state index contributed by atoms with van der Waals surface area (Å²) in [5.74, 6) is 1.13. The van der Waals surface area contributed by atoms with Crippen LogP contribution >= 0.6 is 0 Å². The Kier molecular flexibility index (Phi) is 3.47. The minimum absolute atomic E-state index is 0.330. The topological polar surface area (TPSA) is 61.8 Å². The first-order valence-electron chi connectivity index (χ1n) is 7.55. The number of aryl methyl sites for hydroxylation is 2. The predicted molar refractivity (Wildman–Crippen MR) is 90.7 cm³/mol. The Labute approximate surface area is 133 Å². The molecular weight excluding hydrogens is 292 g/mol. The van der Waals surface area contributed by atoms with Crippen molar-refractivity contribution in [2.75, 3.05) is 0 Å². The molecule has 0 N–H and O–H groups in total. The van der Waals surface area contributed by atoms with Gasteiger partial charge in [-0.05, 0) is 11.5 Å². The Morgan fingerprint density at radius 2 is 1.52 bits per heavy atom. The zero-order valence-corrected chi connectivity index (χ0v) is 14.0. The van der Waals surface area contributed by atoms with E-state index in [1.165, 1.54) is 17.2 Å². The molecule has 6 heteroatoms. The molecule has 0 aliphatic heterocycles. The van der Waals surface area contributed by atoms with Gasteiger partial charge in [-0.1, -0.05) is 38.1 Å². The SMILES string of the molecule is CC(C)c1ccc(-c2nc3c(c(=O)n(C)c(=O)n3C)n2C)cc1. The molecule has 0 bridgehead atoms. The molecule has 120 valence electrons. The van der Waals surface area contributed by atoms with Crippen LogP contribution in [0.5, 0.6) is 0 Å². The molecule has 2 heterocycles. The average Bonchev–Trinajstić information content (AvgIpc) is 2.88. The highest BCUT2D eigenvalue weighted by Gasteiger charge is 2.17. The Balaban J connectivity index is 2.30. The lowest BCUT2D eigenvalue weighted by atomic mass is 10.0. The summed E-state index contributed by atoms with van der Waals surface area (Å²) in [6.07, 6.45) is 0. The smallest absolute Gasteiger partial charge is 0.321 e. The molecule has 0 saturated heterocycles. The normalized spacial score (nSPS) is 11.6. The fourth-order valence-electron chi connectivity index (χ4n) is 2.79. The predicted octanol–water partition coefficient (Wildman–Crippen LogP) is 1.76. The maximum absolute atomic E-state index is 12.4. The van der Waals surface area contributed by atoms with Gasteiger partial charge in [0.1, 0.15) is 5.82 Å². The van der Waals surface area contributed by atoms with Crippen LogP contribution in [0.1, 0.15) is 25.3 Å². The molecule has 3 rings (SSSR count). The number of nitrogens with zero attached hydrogens (tertiary/aromatic N) is 4. The lowest BCUT2D eigenvalue weighted by molar-refractivity contribution is 0.705. The van der Waals surface area contributed by atoms with Crippen LogP contribution in [-0.2, 0) is 21.1 Å². The Morgan fingerprint density at radius 1 is 0.913 bits per heavy atom. The second kappa shape index (κ2) is 5.22. The minimum atomic E-state index is -0.373. The number of hydrogen-bond donors (Lipinski definition) is 0. The summed E-state index contributed by atoms with van der Waals surface area (Å²) < 4.78 is 4.26. The van der Waals surface area contributed by atoms with Crippen LogP contribution in [0, 0.1) is 0 Å². The summed E-state index contributed by atoms with van der Waals surface area (Å²) in [7, 11) is 4.91. The van der Waals surface area contributed by atoms with E-state index in [9.17, 15) is 9.59 Å². The Morgan fingerprint density at radius 3 is 2.09 bits per heavy atom. The maximum Gasteiger partial charge on any atom is 0.332 e. The van der Waals surface area contributed by atoms with E-state index >= 15 is 0 Å². The summed E-state index contributed by atoms with van der Waals surface area (Å²) in [6, 6.07) is 8.13. The van der Waals surface area contributed by atoms with Gasteiger partial charge in [-0.25, -0.2) is 9.78 Å². The molecule has 0 spiro atoms. The number of fused-ring (bicyclic) bond motifs is 1. The lowest BCUT2D eigenvalue weighted by Gasteiger charge is -2.07. The third kappa shape index (κ3) is 2.21. The number of imidazole rings is 1. The molecule has 0 atom stereocenters. The quantitative estimate of drug-likeness (QED) is 0.724. The zero-order valence-electron chi connectivity index (χ0n) is 14.0. The fraction of sp³-hybridized carbons (Fsp3) is 0.353. The van der Waals surface area contributed by atoms with Gasteiger partial charge in [-0.2, -0.15) is 0 Å². The zero-order chi connectivity index (χ0) is 16.9. The molecule has 0 unspecified atom stereocenters. The summed E-state index contributed by atoms with van der Waals surface area (Å²) in [5, 5.41) is 0. The van der Waals surface area contributed by atoms with Crippen LogP contribution in [0.4, 0.5) is 0 Å². The molecule has 0 radical (unpaired) electrons. The van der Waals surface area contributed by atoms with Crippen LogP contribution in [0.15, 0.2) is 33.9 Å². The van der Waals surface area contributed by atoms with Gasteiger partial charge in [0.15, 0.2) is 11.2 Å². The summed E-state index contributed by atoms with van der Waals surface area (Å²) in [6.45, 7) is 4.28. The van der Waals surface area contributed by atoms with Gasteiger partial charge < -0.3 is 4.57 Å². The lowest BCUT2D eigenvalue weighted by Crippen LogP contribution is -2.37. The number of benzene rings is 1. The van der Waals surface area contributed by atoms with Crippen molar-refractivity contribution in [2.45, 2.75) is 19.8 Å². The first-order valence-corrected chi connectivity index (χ1v) is 7.55. The second-order valence-corrected chi connectivity index (χ2v) is 6.15. The van der Waals surface area contributed by atoms with Crippen molar-refractivity contribution in [1.82, 2.24) is 18.7 Å². The molecule has 0 saturated carbocycles. The number of rotatable bonds is 2. The van der Waals surface area contributed by atoms with Crippen LogP contribution < -0.4 is 11.2 Å². The van der Waals surface area contributed by atoms with Gasteiger partial charge in [-0.3, -0.25) is 13.9 Å². The van der Waals surface area contributed by atoms with Crippen molar-refractivity contribution in [3.63, 3.8) is 0 Å². The first kappa shape index (κ1) is 15.3. The summed E-state index contributed by atoms with van der Waals surface area (Å²) in [5.41, 5.74) is 2.30. The molecular formula is C17H20N4O2. The second-order valence-electron chi connectivity index (χ2n) is 6.15. The van der Waals surface area contributed by atoms with Crippen LogP contribution in [-0.4, -0.2) is 18.7 Å². The third-order valence-corrected chi connectivity index (χ3v) is 4.31. The average molecular weight is 312 g/mol. The van der Waals surface area contributed by atoms with Gasteiger partial charge >= 0.3 is 5.69 Å².